The van der Waals surface area contributed by atoms with E-state index in [0.29, 0.717) is 30.8 Å². The molecule has 0 saturated heterocycles. The molecule has 0 aromatic carbocycles. The summed E-state index contributed by atoms with van der Waals surface area (Å²) >= 11 is 1.46. The van der Waals surface area contributed by atoms with Crippen LogP contribution in [0.3, 0.4) is 0 Å². The SMILES string of the molecule is COC1CCC(NC(=O)c2nc(-c3cncs3)nc3c2COC3)CC1. The number of hydrogen-bond donors (Lipinski definition) is 1. The Morgan fingerprint density at radius 3 is 2.84 bits per heavy atom. The third kappa shape index (κ3) is 3.42. The Morgan fingerprint density at radius 1 is 1.28 bits per heavy atom. The zero-order valence-electron chi connectivity index (χ0n) is 14.0. The second kappa shape index (κ2) is 7.15. The fraction of sp³-hybridized carbons (Fsp3) is 0.529. The molecule has 1 aliphatic carbocycles. The van der Waals surface area contributed by atoms with Gasteiger partial charge in [0.15, 0.2) is 5.82 Å². The first-order valence-corrected chi connectivity index (χ1v) is 9.32. The second-order valence-electron chi connectivity index (χ2n) is 6.36. The molecule has 1 amide bonds. The van der Waals surface area contributed by atoms with E-state index in [0.717, 1.165) is 41.8 Å². The Bertz CT molecular complexity index is 758. The molecule has 132 valence electrons. The molecular formula is C17H20N4O3S. The van der Waals surface area contributed by atoms with Crippen LogP contribution in [-0.2, 0) is 22.7 Å². The van der Waals surface area contributed by atoms with Gasteiger partial charge in [0.25, 0.3) is 5.91 Å². The number of nitrogens with one attached hydrogen (secondary N) is 1. The summed E-state index contributed by atoms with van der Waals surface area (Å²) in [6, 6.07) is 0.165. The van der Waals surface area contributed by atoms with E-state index in [1.807, 2.05) is 0 Å². The van der Waals surface area contributed by atoms with E-state index >= 15 is 0 Å². The fourth-order valence-corrected chi connectivity index (χ4v) is 3.93. The number of rotatable bonds is 4. The van der Waals surface area contributed by atoms with Gasteiger partial charge in [-0.2, -0.15) is 0 Å². The largest absolute Gasteiger partial charge is 0.381 e. The smallest absolute Gasteiger partial charge is 0.270 e. The second-order valence-corrected chi connectivity index (χ2v) is 7.25. The Hall–Kier alpha value is -1.90. The number of thiazole rings is 1. The molecule has 1 fully saturated rings. The molecule has 0 spiro atoms. The first-order chi connectivity index (χ1) is 12.2. The molecule has 2 aromatic heterocycles. The number of fused-ring (bicyclic) bond motifs is 1. The number of carbonyl (C=O) groups is 1. The lowest BCUT2D eigenvalue weighted by Crippen LogP contribution is -2.39. The van der Waals surface area contributed by atoms with Crippen LogP contribution in [0.1, 0.15) is 47.4 Å². The summed E-state index contributed by atoms with van der Waals surface area (Å²) in [4.78, 5) is 26.8. The van der Waals surface area contributed by atoms with Gasteiger partial charge in [-0.3, -0.25) is 9.78 Å². The highest BCUT2D eigenvalue weighted by Gasteiger charge is 2.28. The third-order valence-electron chi connectivity index (χ3n) is 4.79. The zero-order chi connectivity index (χ0) is 17.2. The number of hydrogen-bond acceptors (Lipinski definition) is 7. The molecule has 2 aromatic rings. The molecule has 4 rings (SSSR count). The van der Waals surface area contributed by atoms with Gasteiger partial charge < -0.3 is 14.8 Å². The van der Waals surface area contributed by atoms with Crippen molar-refractivity contribution in [1.29, 1.82) is 0 Å². The van der Waals surface area contributed by atoms with Gasteiger partial charge in [0, 0.05) is 24.9 Å². The van der Waals surface area contributed by atoms with Crippen LogP contribution in [0, 0.1) is 0 Å². The van der Waals surface area contributed by atoms with Crippen molar-refractivity contribution in [2.75, 3.05) is 7.11 Å². The van der Waals surface area contributed by atoms with Gasteiger partial charge in [0.2, 0.25) is 0 Å². The van der Waals surface area contributed by atoms with Gasteiger partial charge in [-0.05, 0) is 25.7 Å². The van der Waals surface area contributed by atoms with Gasteiger partial charge in [-0.1, -0.05) is 0 Å². The van der Waals surface area contributed by atoms with Crippen molar-refractivity contribution in [3.8, 4) is 10.7 Å². The normalized spacial score (nSPS) is 22.6. The Morgan fingerprint density at radius 2 is 2.12 bits per heavy atom. The molecule has 2 aliphatic rings. The monoisotopic (exact) mass is 360 g/mol. The minimum absolute atomic E-state index is 0.143. The maximum Gasteiger partial charge on any atom is 0.270 e. The van der Waals surface area contributed by atoms with Crippen LogP contribution < -0.4 is 5.32 Å². The number of nitrogens with zero attached hydrogens (tertiary/aromatic N) is 3. The first kappa shape index (κ1) is 16.6. The Balaban J connectivity index is 1.56. The quantitative estimate of drug-likeness (QED) is 0.900. The summed E-state index contributed by atoms with van der Waals surface area (Å²) < 4.78 is 10.9. The number of aromatic nitrogens is 3. The molecule has 8 heteroatoms. The topological polar surface area (TPSA) is 86.2 Å². The Kier molecular flexibility index (Phi) is 4.74. The van der Waals surface area contributed by atoms with Crippen molar-refractivity contribution in [3.63, 3.8) is 0 Å². The van der Waals surface area contributed by atoms with Gasteiger partial charge in [0.1, 0.15) is 5.69 Å². The first-order valence-electron chi connectivity index (χ1n) is 8.44. The van der Waals surface area contributed by atoms with E-state index in [4.69, 9.17) is 9.47 Å². The van der Waals surface area contributed by atoms with Crippen molar-refractivity contribution in [1.82, 2.24) is 20.3 Å². The molecule has 1 saturated carbocycles. The summed E-state index contributed by atoms with van der Waals surface area (Å²) in [6.07, 6.45) is 5.82. The van der Waals surface area contributed by atoms with Crippen LogP contribution in [0.4, 0.5) is 0 Å². The third-order valence-corrected chi connectivity index (χ3v) is 5.56. The Labute approximate surface area is 149 Å². The summed E-state index contributed by atoms with van der Waals surface area (Å²) in [5.74, 6) is 0.399. The lowest BCUT2D eigenvalue weighted by atomic mass is 9.93. The van der Waals surface area contributed by atoms with E-state index < -0.39 is 0 Å². The standard InChI is InChI=1S/C17H20N4O3S/c1-23-11-4-2-10(3-5-11)19-17(22)15-12-7-24-8-13(12)20-16(21-15)14-6-18-9-25-14/h6,9-11H,2-5,7-8H2,1H3,(H,19,22). The van der Waals surface area contributed by atoms with Crippen LogP contribution in [0.15, 0.2) is 11.7 Å². The van der Waals surface area contributed by atoms with Crippen LogP contribution in [-0.4, -0.2) is 40.1 Å². The van der Waals surface area contributed by atoms with E-state index in [-0.39, 0.29) is 11.9 Å². The zero-order valence-corrected chi connectivity index (χ0v) is 14.8. The number of carbonyl (C=O) groups excluding carboxylic acids is 1. The number of ether oxygens (including phenoxy) is 2. The molecule has 0 radical (unpaired) electrons. The van der Waals surface area contributed by atoms with Crippen molar-refractivity contribution >= 4 is 17.2 Å². The fourth-order valence-electron chi connectivity index (χ4n) is 3.37. The molecule has 25 heavy (non-hydrogen) atoms. The molecule has 0 unspecified atom stereocenters. The molecule has 7 nitrogen and oxygen atoms in total. The summed E-state index contributed by atoms with van der Waals surface area (Å²) in [7, 11) is 1.74. The highest BCUT2D eigenvalue weighted by Crippen LogP contribution is 2.27. The van der Waals surface area contributed by atoms with Gasteiger partial charge >= 0.3 is 0 Å². The average Bonchev–Trinajstić information content (AvgIpc) is 3.32. The van der Waals surface area contributed by atoms with Crippen LogP contribution >= 0.6 is 11.3 Å². The van der Waals surface area contributed by atoms with E-state index in [9.17, 15) is 4.79 Å². The minimum Gasteiger partial charge on any atom is -0.381 e. The molecule has 1 aliphatic heterocycles. The van der Waals surface area contributed by atoms with Crippen LogP contribution in [0.5, 0.6) is 0 Å². The van der Waals surface area contributed by atoms with Gasteiger partial charge in [-0.25, -0.2) is 9.97 Å². The molecule has 0 atom stereocenters. The predicted molar refractivity (Wildman–Crippen MR) is 92.2 cm³/mol. The lowest BCUT2D eigenvalue weighted by Gasteiger charge is -2.28. The maximum atomic E-state index is 12.8. The summed E-state index contributed by atoms with van der Waals surface area (Å²) in [5.41, 5.74) is 3.76. The highest BCUT2D eigenvalue weighted by molar-refractivity contribution is 7.13. The number of amides is 1. The van der Waals surface area contributed by atoms with Crippen molar-refractivity contribution in [2.45, 2.75) is 51.0 Å². The van der Waals surface area contributed by atoms with Crippen molar-refractivity contribution in [3.05, 3.63) is 28.7 Å². The molecule has 3 heterocycles. The van der Waals surface area contributed by atoms with Crippen molar-refractivity contribution < 1.29 is 14.3 Å². The predicted octanol–water partition coefficient (Wildman–Crippen LogP) is 2.32. The molecule has 0 bridgehead atoms. The maximum absolute atomic E-state index is 12.8. The van der Waals surface area contributed by atoms with E-state index in [1.165, 1.54) is 11.3 Å². The van der Waals surface area contributed by atoms with Crippen LogP contribution in [0.25, 0.3) is 10.7 Å². The minimum atomic E-state index is -0.143. The average molecular weight is 360 g/mol. The summed E-state index contributed by atoms with van der Waals surface area (Å²) in [5, 5.41) is 3.13. The summed E-state index contributed by atoms with van der Waals surface area (Å²) in [6.45, 7) is 0.806. The lowest BCUT2D eigenvalue weighted by molar-refractivity contribution is 0.0598. The number of methoxy groups -OCH3 is 1. The van der Waals surface area contributed by atoms with E-state index in [2.05, 4.69) is 20.3 Å². The van der Waals surface area contributed by atoms with Crippen molar-refractivity contribution in [2.24, 2.45) is 0 Å². The highest BCUT2D eigenvalue weighted by atomic mass is 32.1. The molecule has 1 N–H and O–H groups in total. The molecular weight excluding hydrogens is 340 g/mol. The van der Waals surface area contributed by atoms with E-state index in [1.54, 1.807) is 18.8 Å². The van der Waals surface area contributed by atoms with Crippen LogP contribution in [0.2, 0.25) is 0 Å². The van der Waals surface area contributed by atoms with Gasteiger partial charge in [0.05, 0.1) is 35.4 Å². The van der Waals surface area contributed by atoms with Gasteiger partial charge in [-0.15, -0.1) is 11.3 Å².